The molecule has 150 valence electrons. The van der Waals surface area contributed by atoms with Crippen molar-refractivity contribution in [3.05, 3.63) is 100 Å². The highest BCUT2D eigenvalue weighted by Crippen LogP contribution is 2.16. The third-order valence-corrected chi connectivity index (χ3v) is 5.56. The molecule has 1 N–H and O–H groups in total. The van der Waals surface area contributed by atoms with Crippen molar-refractivity contribution in [1.82, 2.24) is 19.9 Å². The van der Waals surface area contributed by atoms with Crippen LogP contribution in [0.5, 0.6) is 0 Å². The lowest BCUT2D eigenvalue weighted by molar-refractivity contribution is 0.0951. The Morgan fingerprint density at radius 3 is 2.53 bits per heavy atom. The molecule has 0 unspecified atom stereocenters. The number of aromatic nitrogens is 3. The van der Waals surface area contributed by atoms with Gasteiger partial charge in [0.05, 0.1) is 6.54 Å². The van der Waals surface area contributed by atoms with Crippen LogP contribution in [0.1, 0.15) is 21.5 Å². The van der Waals surface area contributed by atoms with Gasteiger partial charge in [0.15, 0.2) is 0 Å². The minimum atomic E-state index is -0.247. The van der Waals surface area contributed by atoms with Crippen LogP contribution >= 0.6 is 11.8 Å². The number of carbonyl (C=O) groups is 1. The van der Waals surface area contributed by atoms with Crippen molar-refractivity contribution in [2.45, 2.75) is 18.0 Å². The number of rotatable bonds is 6. The van der Waals surface area contributed by atoms with Crippen LogP contribution in [0.2, 0.25) is 0 Å². The van der Waals surface area contributed by atoms with E-state index >= 15 is 0 Å². The minimum Gasteiger partial charge on any atom is -0.348 e. The zero-order chi connectivity index (χ0) is 20.9. The van der Waals surface area contributed by atoms with Gasteiger partial charge in [0.1, 0.15) is 6.33 Å². The molecule has 0 fully saturated rings. The van der Waals surface area contributed by atoms with Gasteiger partial charge >= 0.3 is 0 Å². The fourth-order valence-electron chi connectivity index (χ4n) is 3.18. The first-order valence-electron chi connectivity index (χ1n) is 9.42. The van der Waals surface area contributed by atoms with Crippen molar-refractivity contribution in [1.29, 1.82) is 0 Å². The van der Waals surface area contributed by atoms with Crippen LogP contribution < -0.4 is 10.9 Å². The smallest absolute Gasteiger partial charge is 0.258 e. The number of hydrogen-bond donors (Lipinski definition) is 1. The van der Waals surface area contributed by atoms with Crippen molar-refractivity contribution in [2.24, 2.45) is 0 Å². The van der Waals surface area contributed by atoms with E-state index in [1.165, 1.54) is 11.2 Å². The van der Waals surface area contributed by atoms with Crippen molar-refractivity contribution < 1.29 is 4.79 Å². The summed E-state index contributed by atoms with van der Waals surface area (Å²) in [5, 5.41) is 4.16. The molecule has 0 saturated heterocycles. The quantitative estimate of drug-likeness (QED) is 0.487. The molecule has 0 bridgehead atoms. The van der Waals surface area contributed by atoms with Crippen LogP contribution in [-0.4, -0.2) is 26.7 Å². The van der Waals surface area contributed by atoms with E-state index in [0.29, 0.717) is 24.0 Å². The maximum absolute atomic E-state index is 13.0. The molecule has 2 aromatic heterocycles. The van der Waals surface area contributed by atoms with E-state index in [-0.39, 0.29) is 11.5 Å². The minimum absolute atomic E-state index is 0.118. The number of amides is 1. The second-order valence-electron chi connectivity index (χ2n) is 6.83. The lowest BCUT2D eigenvalue weighted by atomic mass is 10.1. The number of carbonyl (C=O) groups excluding carboxylic acids is 1. The lowest BCUT2D eigenvalue weighted by Crippen LogP contribution is -2.24. The summed E-state index contributed by atoms with van der Waals surface area (Å²) >= 11 is 1.68. The Hall–Kier alpha value is -3.45. The average molecular weight is 417 g/mol. The number of fused-ring (bicyclic) bond motifs is 1. The van der Waals surface area contributed by atoms with Gasteiger partial charge in [-0.2, -0.15) is 0 Å². The van der Waals surface area contributed by atoms with Crippen LogP contribution in [0.15, 0.2) is 83.1 Å². The first-order valence-corrected chi connectivity index (χ1v) is 10.6. The van der Waals surface area contributed by atoms with Crippen molar-refractivity contribution >= 4 is 28.4 Å². The third kappa shape index (κ3) is 4.41. The van der Waals surface area contributed by atoms with Gasteiger partial charge in [-0.1, -0.05) is 18.2 Å². The Bertz CT molecular complexity index is 1240. The van der Waals surface area contributed by atoms with Gasteiger partial charge in [0.2, 0.25) is 0 Å². The van der Waals surface area contributed by atoms with Gasteiger partial charge in [0.25, 0.3) is 11.5 Å². The van der Waals surface area contributed by atoms with Crippen LogP contribution in [0, 0.1) is 0 Å². The fraction of sp³-hybridized carbons (Fsp3) is 0.130. The zero-order valence-electron chi connectivity index (χ0n) is 16.4. The summed E-state index contributed by atoms with van der Waals surface area (Å²) in [5.74, 6) is -0.247. The molecular formula is C23H20N4O2S. The Kier molecular flexibility index (Phi) is 5.90. The Balaban J connectivity index is 1.57. The van der Waals surface area contributed by atoms with Gasteiger partial charge in [-0.3, -0.25) is 9.59 Å². The highest BCUT2D eigenvalue weighted by molar-refractivity contribution is 7.98. The second kappa shape index (κ2) is 8.92. The first kappa shape index (κ1) is 19.8. The van der Waals surface area contributed by atoms with Gasteiger partial charge in [-0.05, 0) is 47.5 Å². The SMILES string of the molecule is CSc1ccc(Cn2ccc3ccc(C(=O)NCc4cncnc4)cc3c2=O)cc1. The van der Waals surface area contributed by atoms with Gasteiger partial charge < -0.3 is 9.88 Å². The lowest BCUT2D eigenvalue weighted by Gasteiger charge is -2.10. The summed E-state index contributed by atoms with van der Waals surface area (Å²) in [4.78, 5) is 34.6. The normalized spacial score (nSPS) is 10.8. The first-order chi connectivity index (χ1) is 14.6. The molecule has 6 nitrogen and oxygen atoms in total. The number of thioether (sulfide) groups is 1. The second-order valence-corrected chi connectivity index (χ2v) is 7.71. The molecule has 2 heterocycles. The monoisotopic (exact) mass is 416 g/mol. The van der Waals surface area contributed by atoms with Crippen LogP contribution in [-0.2, 0) is 13.1 Å². The summed E-state index contributed by atoms with van der Waals surface area (Å²) in [7, 11) is 0. The largest absolute Gasteiger partial charge is 0.348 e. The Morgan fingerprint density at radius 2 is 1.80 bits per heavy atom. The summed E-state index contributed by atoms with van der Waals surface area (Å²) in [6.45, 7) is 0.802. The summed E-state index contributed by atoms with van der Waals surface area (Å²) in [5.41, 5.74) is 2.18. The third-order valence-electron chi connectivity index (χ3n) is 4.82. The van der Waals surface area contributed by atoms with Gasteiger partial charge in [-0.15, -0.1) is 11.8 Å². The van der Waals surface area contributed by atoms with E-state index in [4.69, 9.17) is 0 Å². The molecule has 4 aromatic rings. The molecule has 1 amide bonds. The van der Waals surface area contributed by atoms with Crippen LogP contribution in [0.25, 0.3) is 10.8 Å². The number of nitrogens with one attached hydrogen (secondary N) is 1. The maximum Gasteiger partial charge on any atom is 0.258 e. The molecule has 4 rings (SSSR count). The number of hydrogen-bond acceptors (Lipinski definition) is 5. The highest BCUT2D eigenvalue weighted by Gasteiger charge is 2.10. The summed E-state index contributed by atoms with van der Waals surface area (Å²) in [6.07, 6.45) is 8.57. The average Bonchev–Trinajstić information content (AvgIpc) is 2.80. The molecule has 30 heavy (non-hydrogen) atoms. The molecule has 0 atom stereocenters. The predicted molar refractivity (Wildman–Crippen MR) is 119 cm³/mol. The fourth-order valence-corrected chi connectivity index (χ4v) is 3.59. The van der Waals surface area contributed by atoms with Crippen molar-refractivity contribution in [3.63, 3.8) is 0 Å². The van der Waals surface area contributed by atoms with E-state index in [0.717, 1.165) is 16.5 Å². The molecule has 2 aromatic carbocycles. The molecule has 0 aliphatic carbocycles. The Labute approximate surface area is 178 Å². The Morgan fingerprint density at radius 1 is 1.03 bits per heavy atom. The molecular weight excluding hydrogens is 396 g/mol. The summed E-state index contributed by atoms with van der Waals surface area (Å²) < 4.78 is 1.67. The predicted octanol–water partition coefficient (Wildman–Crippen LogP) is 3.49. The van der Waals surface area contributed by atoms with E-state index < -0.39 is 0 Å². The van der Waals surface area contributed by atoms with E-state index in [1.54, 1.807) is 53.1 Å². The molecule has 0 saturated carbocycles. The molecule has 0 aliphatic heterocycles. The van der Waals surface area contributed by atoms with Crippen LogP contribution in [0.4, 0.5) is 0 Å². The maximum atomic E-state index is 13.0. The van der Waals surface area contributed by atoms with Crippen molar-refractivity contribution in [3.8, 4) is 0 Å². The number of pyridine rings is 1. The molecule has 0 radical (unpaired) electrons. The molecule has 0 spiro atoms. The molecule has 7 heteroatoms. The van der Waals surface area contributed by atoms with Gasteiger partial charge in [-0.25, -0.2) is 9.97 Å². The van der Waals surface area contributed by atoms with Gasteiger partial charge in [0, 0.05) is 46.5 Å². The standard InChI is InChI=1S/C23H20N4O2S/c1-30-20-6-2-16(3-7-20)14-27-9-8-18-4-5-19(10-21(18)23(27)29)22(28)26-13-17-11-24-15-25-12-17/h2-12,15H,13-14H2,1H3,(H,26,28). The summed E-state index contributed by atoms with van der Waals surface area (Å²) in [6, 6.07) is 15.2. The zero-order valence-corrected chi connectivity index (χ0v) is 17.2. The van der Waals surface area contributed by atoms with E-state index in [1.807, 2.05) is 36.6 Å². The molecule has 0 aliphatic rings. The van der Waals surface area contributed by atoms with E-state index in [9.17, 15) is 9.59 Å². The van der Waals surface area contributed by atoms with E-state index in [2.05, 4.69) is 15.3 Å². The number of benzene rings is 2. The highest BCUT2D eigenvalue weighted by atomic mass is 32.2. The van der Waals surface area contributed by atoms with Crippen molar-refractivity contribution in [2.75, 3.05) is 6.26 Å². The number of nitrogens with zero attached hydrogens (tertiary/aromatic N) is 3. The topological polar surface area (TPSA) is 76.9 Å². The van der Waals surface area contributed by atoms with Crippen LogP contribution in [0.3, 0.4) is 0 Å².